The average molecular weight is 247 g/mol. The summed E-state index contributed by atoms with van der Waals surface area (Å²) in [5.74, 6) is -1.09. The van der Waals surface area contributed by atoms with Crippen LogP contribution in [0.3, 0.4) is 0 Å². The zero-order valence-corrected chi connectivity index (χ0v) is 11.8. The fraction of sp³-hybridized carbons (Fsp3) is 0.917. The van der Waals surface area contributed by atoms with Crippen molar-refractivity contribution in [2.45, 2.75) is 59.5 Å². The highest BCUT2D eigenvalue weighted by Crippen LogP contribution is 2.16. The van der Waals surface area contributed by atoms with Crippen LogP contribution in [0.5, 0.6) is 0 Å². The quantitative estimate of drug-likeness (QED) is 0.733. The Kier molecular flexibility index (Phi) is 6.49. The van der Waals surface area contributed by atoms with Crippen LogP contribution in [-0.2, 0) is 14.2 Å². The molecule has 0 aromatic carbocycles. The summed E-state index contributed by atoms with van der Waals surface area (Å²) >= 11 is 0. The van der Waals surface area contributed by atoms with Crippen LogP contribution in [-0.4, -0.2) is 30.8 Å². The number of rotatable bonds is 6. The number of carbonyl (C=O) groups excluding carboxylic acids is 1. The Bertz CT molecular complexity index is 229. The first-order valence-corrected chi connectivity index (χ1v) is 6.07. The van der Waals surface area contributed by atoms with E-state index in [-0.39, 0.29) is 0 Å². The zero-order chi connectivity index (χ0) is 13.5. The maximum absolute atomic E-state index is 11.7. The highest BCUT2D eigenvalue weighted by Gasteiger charge is 2.33. The molecular weight excluding hydrogens is 222 g/mol. The van der Waals surface area contributed by atoms with Gasteiger partial charge in [0.05, 0.1) is 0 Å². The lowest BCUT2D eigenvalue weighted by molar-refractivity contribution is -0.249. The molecule has 0 aromatic heterocycles. The van der Waals surface area contributed by atoms with Gasteiger partial charge in [0.25, 0.3) is 5.91 Å². The van der Waals surface area contributed by atoms with E-state index in [9.17, 15) is 4.79 Å². The van der Waals surface area contributed by atoms with Gasteiger partial charge in [-0.1, -0.05) is 6.92 Å². The molecule has 0 aromatic rings. The van der Waals surface area contributed by atoms with Crippen molar-refractivity contribution in [2.75, 3.05) is 13.2 Å². The van der Waals surface area contributed by atoms with E-state index in [1.54, 1.807) is 0 Å². The largest absolute Gasteiger partial charge is 0.444 e. The van der Waals surface area contributed by atoms with Gasteiger partial charge < -0.3 is 14.2 Å². The van der Waals surface area contributed by atoms with Crippen molar-refractivity contribution in [1.29, 1.82) is 0 Å². The first-order chi connectivity index (χ1) is 7.78. The summed E-state index contributed by atoms with van der Waals surface area (Å²) in [6, 6.07) is 0. The summed E-state index contributed by atoms with van der Waals surface area (Å²) in [4.78, 5) is 11.7. The van der Waals surface area contributed by atoms with Gasteiger partial charge in [-0.25, -0.2) is 4.79 Å². The van der Waals surface area contributed by atoms with E-state index >= 15 is 0 Å². The fourth-order valence-electron chi connectivity index (χ4n) is 1.33. The van der Waals surface area contributed by atoms with E-state index in [4.69, 9.17) is 14.2 Å². The van der Waals surface area contributed by atoms with E-state index in [0.29, 0.717) is 19.6 Å². The Balaban J connectivity index is 4.56. The Morgan fingerprint density at radius 2 is 1.53 bits per heavy atom. The molecule has 1 N–H and O–H groups in total. The number of nitrogens with one attached hydrogen (secondary N) is 1. The van der Waals surface area contributed by atoms with E-state index in [0.717, 1.165) is 0 Å². The molecule has 5 heteroatoms. The summed E-state index contributed by atoms with van der Waals surface area (Å²) in [5, 5.41) is 2.63. The normalized spacial score (nSPS) is 12.4. The van der Waals surface area contributed by atoms with Crippen molar-refractivity contribution in [2.24, 2.45) is 0 Å². The number of hydrogen-bond acceptors (Lipinski definition) is 4. The molecule has 0 spiro atoms. The Labute approximate surface area is 104 Å². The molecule has 17 heavy (non-hydrogen) atoms. The number of carbonyl (C=O) groups is 1. The average Bonchev–Trinajstić information content (AvgIpc) is 2.15. The highest BCUT2D eigenvalue weighted by atomic mass is 16.7. The minimum absolute atomic E-state index is 0.448. The molecule has 0 atom stereocenters. The van der Waals surface area contributed by atoms with Crippen molar-refractivity contribution < 1.29 is 19.0 Å². The Hall–Kier alpha value is -0.810. The molecule has 1 amide bonds. The molecular formula is C12H25NO4. The fourth-order valence-corrected chi connectivity index (χ4v) is 1.33. The minimum atomic E-state index is -1.09. The first kappa shape index (κ1) is 16.2. The molecule has 102 valence electrons. The Morgan fingerprint density at radius 1 is 1.06 bits per heavy atom. The summed E-state index contributed by atoms with van der Waals surface area (Å²) in [6.07, 6.45) is -0.0326. The second kappa shape index (κ2) is 6.81. The van der Waals surface area contributed by atoms with Gasteiger partial charge in [-0.3, -0.25) is 5.32 Å². The van der Waals surface area contributed by atoms with Gasteiger partial charge in [-0.05, 0) is 34.6 Å². The van der Waals surface area contributed by atoms with Crippen molar-refractivity contribution in [3.63, 3.8) is 0 Å². The molecule has 0 fully saturated rings. The van der Waals surface area contributed by atoms with Crippen LogP contribution < -0.4 is 5.32 Å². The molecule has 5 nitrogen and oxygen atoms in total. The van der Waals surface area contributed by atoms with E-state index in [1.807, 2.05) is 41.5 Å². The summed E-state index contributed by atoms with van der Waals surface area (Å²) in [7, 11) is 0. The van der Waals surface area contributed by atoms with Gasteiger partial charge in [-0.15, -0.1) is 0 Å². The van der Waals surface area contributed by atoms with Gasteiger partial charge >= 0.3 is 6.09 Å². The smallest absolute Gasteiger partial charge is 0.411 e. The number of hydrogen-bond donors (Lipinski definition) is 1. The van der Waals surface area contributed by atoms with E-state index in [1.165, 1.54) is 0 Å². The minimum Gasteiger partial charge on any atom is -0.444 e. The molecule has 0 aliphatic rings. The van der Waals surface area contributed by atoms with Crippen molar-refractivity contribution in [1.82, 2.24) is 5.32 Å². The van der Waals surface area contributed by atoms with Gasteiger partial charge in [0.1, 0.15) is 5.60 Å². The molecule has 0 bridgehead atoms. The maximum atomic E-state index is 11.7. The summed E-state index contributed by atoms with van der Waals surface area (Å²) in [6.45, 7) is 11.9. The lowest BCUT2D eigenvalue weighted by atomic mass is 10.2. The number of ether oxygens (including phenoxy) is 3. The number of alkyl carbamates (subject to hydrolysis) is 1. The second-order valence-electron chi connectivity index (χ2n) is 4.60. The molecule has 0 radical (unpaired) electrons. The predicted molar refractivity (Wildman–Crippen MR) is 65.6 cm³/mol. The van der Waals surface area contributed by atoms with Crippen LogP contribution in [0.4, 0.5) is 4.79 Å². The van der Waals surface area contributed by atoms with Gasteiger partial charge in [0, 0.05) is 19.6 Å². The van der Waals surface area contributed by atoms with Gasteiger partial charge in [0.2, 0.25) is 0 Å². The molecule has 0 unspecified atom stereocenters. The van der Waals surface area contributed by atoms with Crippen molar-refractivity contribution >= 4 is 6.09 Å². The third kappa shape index (κ3) is 6.48. The standard InChI is InChI=1S/C12H25NO4/c1-7-12(15-8-2,16-9-3)13-10(14)17-11(4,5)6/h7-9H2,1-6H3,(H,13,14). The van der Waals surface area contributed by atoms with Crippen LogP contribution in [0.2, 0.25) is 0 Å². The first-order valence-electron chi connectivity index (χ1n) is 6.07. The predicted octanol–water partition coefficient (Wildman–Crippen LogP) is 2.65. The van der Waals surface area contributed by atoms with Crippen LogP contribution in [0.1, 0.15) is 48.0 Å². The lowest BCUT2D eigenvalue weighted by Gasteiger charge is -2.33. The molecule has 0 aliphatic heterocycles. The topological polar surface area (TPSA) is 56.8 Å². The Morgan fingerprint density at radius 3 is 1.82 bits per heavy atom. The summed E-state index contributed by atoms with van der Waals surface area (Å²) < 4.78 is 16.1. The lowest BCUT2D eigenvalue weighted by Crippen LogP contribution is -2.53. The van der Waals surface area contributed by atoms with E-state index in [2.05, 4.69) is 5.32 Å². The summed E-state index contributed by atoms with van der Waals surface area (Å²) in [5.41, 5.74) is -0.540. The molecule has 0 rings (SSSR count). The third-order valence-electron chi connectivity index (χ3n) is 1.91. The SMILES string of the molecule is CCOC(CC)(NC(=O)OC(C)(C)C)OCC. The molecule has 0 saturated heterocycles. The zero-order valence-electron chi connectivity index (χ0n) is 11.8. The monoisotopic (exact) mass is 247 g/mol. The van der Waals surface area contributed by atoms with Crippen LogP contribution in [0, 0.1) is 0 Å². The van der Waals surface area contributed by atoms with Crippen molar-refractivity contribution in [3.05, 3.63) is 0 Å². The molecule has 0 aliphatic carbocycles. The molecule has 0 saturated carbocycles. The van der Waals surface area contributed by atoms with Crippen molar-refractivity contribution in [3.8, 4) is 0 Å². The second-order valence-corrected chi connectivity index (χ2v) is 4.60. The maximum Gasteiger partial charge on any atom is 0.411 e. The van der Waals surface area contributed by atoms with Crippen LogP contribution >= 0.6 is 0 Å². The van der Waals surface area contributed by atoms with Gasteiger partial charge in [0.15, 0.2) is 0 Å². The third-order valence-corrected chi connectivity index (χ3v) is 1.91. The van der Waals surface area contributed by atoms with Gasteiger partial charge in [-0.2, -0.15) is 0 Å². The van der Waals surface area contributed by atoms with Crippen LogP contribution in [0.15, 0.2) is 0 Å². The van der Waals surface area contributed by atoms with E-state index < -0.39 is 17.6 Å². The highest BCUT2D eigenvalue weighted by molar-refractivity contribution is 5.68. The number of amides is 1. The molecule has 0 heterocycles. The van der Waals surface area contributed by atoms with Crippen LogP contribution in [0.25, 0.3) is 0 Å².